The smallest absolute Gasteiger partial charge is 0.395 e. The minimum atomic E-state index is -3.64. The number of benzene rings is 2. The molecule has 0 radical (unpaired) electrons. The zero-order valence-corrected chi connectivity index (χ0v) is 12.1. The summed E-state index contributed by atoms with van der Waals surface area (Å²) in [6, 6.07) is 9.70. The van der Waals surface area contributed by atoms with Crippen molar-refractivity contribution >= 4 is 34.1 Å². The average molecular weight is 336 g/mol. The van der Waals surface area contributed by atoms with Crippen LogP contribution in [0.15, 0.2) is 42.6 Å². The molecule has 2 heterocycles. The fourth-order valence-electron chi connectivity index (χ4n) is 2.24. The van der Waals surface area contributed by atoms with Crippen LogP contribution in [0.4, 0.5) is 20.4 Å². The van der Waals surface area contributed by atoms with Crippen molar-refractivity contribution in [2.24, 2.45) is 0 Å². The first-order valence-corrected chi connectivity index (χ1v) is 6.96. The topological polar surface area (TPSA) is 56.3 Å². The molecule has 0 atom stereocenters. The average Bonchev–Trinajstić information content (AvgIpc) is 2.81. The van der Waals surface area contributed by atoms with Gasteiger partial charge in [0.05, 0.1) is 10.5 Å². The number of para-hydroxylation sites is 1. The molecule has 116 valence electrons. The van der Waals surface area contributed by atoms with Gasteiger partial charge in [0.25, 0.3) is 0 Å². The van der Waals surface area contributed by atoms with Gasteiger partial charge < -0.3 is 14.8 Å². The molecule has 5 nitrogen and oxygen atoms in total. The Bertz CT molecular complexity index is 920. The van der Waals surface area contributed by atoms with E-state index in [0.717, 1.165) is 5.39 Å². The molecular weight excluding hydrogens is 328 g/mol. The number of ether oxygens (including phenoxy) is 2. The van der Waals surface area contributed by atoms with Gasteiger partial charge in [-0.05, 0) is 18.2 Å². The van der Waals surface area contributed by atoms with E-state index in [1.54, 1.807) is 24.4 Å². The molecule has 2 aromatic carbocycles. The summed E-state index contributed by atoms with van der Waals surface area (Å²) in [6.07, 6.45) is -2.02. The molecule has 0 saturated carbocycles. The molecule has 0 aliphatic carbocycles. The van der Waals surface area contributed by atoms with E-state index in [1.807, 2.05) is 6.07 Å². The summed E-state index contributed by atoms with van der Waals surface area (Å²) < 4.78 is 34.8. The van der Waals surface area contributed by atoms with Crippen molar-refractivity contribution in [3.8, 4) is 11.5 Å². The summed E-state index contributed by atoms with van der Waals surface area (Å²) in [5.41, 5.74) is 1.08. The van der Waals surface area contributed by atoms with Gasteiger partial charge in [-0.15, -0.1) is 8.78 Å². The van der Waals surface area contributed by atoms with Crippen molar-refractivity contribution in [1.82, 2.24) is 9.97 Å². The van der Waals surface area contributed by atoms with Crippen LogP contribution in [0.2, 0.25) is 5.02 Å². The second-order valence-electron chi connectivity index (χ2n) is 4.83. The fraction of sp³-hybridized carbons (Fsp3) is 0.0667. The molecular formula is C15H8ClF2N3O2. The zero-order valence-electron chi connectivity index (χ0n) is 11.4. The molecule has 8 heteroatoms. The van der Waals surface area contributed by atoms with Gasteiger partial charge >= 0.3 is 6.29 Å². The van der Waals surface area contributed by atoms with E-state index >= 15 is 0 Å². The molecule has 0 unspecified atom stereocenters. The van der Waals surface area contributed by atoms with Crippen molar-refractivity contribution in [2.45, 2.75) is 6.29 Å². The van der Waals surface area contributed by atoms with Crippen LogP contribution >= 0.6 is 11.6 Å². The van der Waals surface area contributed by atoms with Crippen molar-refractivity contribution in [3.63, 3.8) is 0 Å². The first-order chi connectivity index (χ1) is 11.0. The van der Waals surface area contributed by atoms with Gasteiger partial charge in [0.2, 0.25) is 5.95 Å². The first-order valence-electron chi connectivity index (χ1n) is 6.58. The first kappa shape index (κ1) is 14.0. The minimum Gasteiger partial charge on any atom is -0.395 e. The lowest BCUT2D eigenvalue weighted by molar-refractivity contribution is -0.286. The second kappa shape index (κ2) is 4.92. The molecule has 4 rings (SSSR count). The van der Waals surface area contributed by atoms with Crippen molar-refractivity contribution in [3.05, 3.63) is 47.6 Å². The summed E-state index contributed by atoms with van der Waals surface area (Å²) in [5.74, 6) is 0.207. The van der Waals surface area contributed by atoms with Gasteiger partial charge in [0, 0.05) is 23.3 Å². The minimum absolute atomic E-state index is 0.0250. The molecule has 1 N–H and O–H groups in total. The van der Waals surface area contributed by atoms with Crippen molar-refractivity contribution in [1.29, 1.82) is 0 Å². The summed E-state index contributed by atoms with van der Waals surface area (Å²) in [4.78, 5) is 8.48. The molecule has 23 heavy (non-hydrogen) atoms. The molecule has 1 aliphatic rings. The maximum atomic E-state index is 13.0. The maximum Gasteiger partial charge on any atom is 0.586 e. The van der Waals surface area contributed by atoms with Crippen LogP contribution in [-0.2, 0) is 0 Å². The Morgan fingerprint density at radius 2 is 1.91 bits per heavy atom. The van der Waals surface area contributed by atoms with Gasteiger partial charge in [-0.1, -0.05) is 23.7 Å². The monoisotopic (exact) mass is 335 g/mol. The van der Waals surface area contributed by atoms with Crippen LogP contribution in [-0.4, -0.2) is 16.3 Å². The Morgan fingerprint density at radius 1 is 1.09 bits per heavy atom. The lowest BCUT2D eigenvalue weighted by Crippen LogP contribution is -2.25. The van der Waals surface area contributed by atoms with Crippen LogP contribution < -0.4 is 14.8 Å². The molecule has 0 amide bonds. The summed E-state index contributed by atoms with van der Waals surface area (Å²) in [6.45, 7) is 0. The lowest BCUT2D eigenvalue weighted by Gasteiger charge is -2.07. The van der Waals surface area contributed by atoms with E-state index in [1.165, 1.54) is 12.1 Å². The molecule has 3 aromatic rings. The number of aromatic nitrogens is 2. The number of fused-ring (bicyclic) bond motifs is 2. The van der Waals surface area contributed by atoms with Crippen LogP contribution in [0.3, 0.4) is 0 Å². The van der Waals surface area contributed by atoms with Gasteiger partial charge in [0.15, 0.2) is 11.5 Å². The normalized spacial score (nSPS) is 14.9. The number of alkyl halides is 2. The number of hydrogen-bond acceptors (Lipinski definition) is 5. The zero-order chi connectivity index (χ0) is 16.0. The van der Waals surface area contributed by atoms with Crippen molar-refractivity contribution < 1.29 is 18.3 Å². The second-order valence-corrected chi connectivity index (χ2v) is 5.23. The molecule has 1 aliphatic heterocycles. The Balaban J connectivity index is 1.65. The number of anilines is 2. The highest BCUT2D eigenvalue weighted by Gasteiger charge is 2.43. The standard InChI is InChI=1S/C15H8ClF2N3O2/c16-10-3-1-2-8-7-19-14(21-13(8)10)20-9-4-5-11-12(6-9)23-15(17,18)22-11/h1-7H,(H,19,20,21). The van der Waals surface area contributed by atoms with E-state index in [-0.39, 0.29) is 17.4 Å². The molecule has 1 aromatic heterocycles. The largest absolute Gasteiger partial charge is 0.586 e. The van der Waals surface area contributed by atoms with Gasteiger partial charge in [-0.3, -0.25) is 0 Å². The van der Waals surface area contributed by atoms with Gasteiger partial charge in [-0.25, -0.2) is 9.97 Å². The fourth-order valence-corrected chi connectivity index (χ4v) is 2.46. The third kappa shape index (κ3) is 2.59. The number of nitrogens with one attached hydrogen (secondary N) is 1. The van der Waals surface area contributed by atoms with E-state index in [2.05, 4.69) is 24.8 Å². The highest BCUT2D eigenvalue weighted by molar-refractivity contribution is 6.35. The Morgan fingerprint density at radius 3 is 2.78 bits per heavy atom. The molecule has 0 spiro atoms. The number of hydrogen-bond donors (Lipinski definition) is 1. The third-order valence-electron chi connectivity index (χ3n) is 3.22. The predicted molar refractivity (Wildman–Crippen MR) is 80.5 cm³/mol. The Labute approximate surface area is 133 Å². The van der Waals surface area contributed by atoms with Crippen LogP contribution in [0.25, 0.3) is 10.9 Å². The van der Waals surface area contributed by atoms with E-state index < -0.39 is 6.29 Å². The number of rotatable bonds is 2. The molecule has 0 fully saturated rings. The number of nitrogens with zero attached hydrogens (tertiary/aromatic N) is 2. The lowest BCUT2D eigenvalue weighted by atomic mass is 10.2. The summed E-state index contributed by atoms with van der Waals surface area (Å²) in [5, 5.41) is 4.22. The van der Waals surface area contributed by atoms with E-state index in [0.29, 0.717) is 16.2 Å². The van der Waals surface area contributed by atoms with E-state index in [4.69, 9.17) is 11.6 Å². The van der Waals surface area contributed by atoms with Crippen molar-refractivity contribution in [2.75, 3.05) is 5.32 Å². The molecule has 0 bridgehead atoms. The van der Waals surface area contributed by atoms with Gasteiger partial charge in [-0.2, -0.15) is 0 Å². The van der Waals surface area contributed by atoms with Crippen LogP contribution in [0.1, 0.15) is 0 Å². The SMILES string of the molecule is FC1(F)Oc2ccc(Nc3ncc4cccc(Cl)c4n3)cc2O1. The summed E-state index contributed by atoms with van der Waals surface area (Å²) in [7, 11) is 0. The Kier molecular flexibility index (Phi) is 2.99. The highest BCUT2D eigenvalue weighted by Crippen LogP contribution is 2.42. The number of halogens is 3. The third-order valence-corrected chi connectivity index (χ3v) is 3.52. The van der Waals surface area contributed by atoms with Crippen LogP contribution in [0.5, 0.6) is 11.5 Å². The summed E-state index contributed by atoms with van der Waals surface area (Å²) >= 11 is 6.10. The van der Waals surface area contributed by atoms with Crippen LogP contribution in [0, 0.1) is 0 Å². The maximum absolute atomic E-state index is 13.0. The quantitative estimate of drug-likeness (QED) is 0.754. The predicted octanol–water partition coefficient (Wildman–Crippen LogP) is 4.35. The highest BCUT2D eigenvalue weighted by atomic mass is 35.5. The Hall–Kier alpha value is -2.67. The van der Waals surface area contributed by atoms with E-state index in [9.17, 15) is 8.78 Å². The molecule has 0 saturated heterocycles. The van der Waals surface area contributed by atoms with Gasteiger partial charge in [0.1, 0.15) is 0 Å².